The van der Waals surface area contributed by atoms with Crippen molar-refractivity contribution in [2.75, 3.05) is 31.6 Å². The van der Waals surface area contributed by atoms with E-state index in [0.29, 0.717) is 43.4 Å². The average molecular weight is 801 g/mol. The minimum absolute atomic E-state index is 0.0258. The number of ether oxygens (including phenoxy) is 2. The molecular formula is C43H50BrN3O7. The first kappa shape index (κ1) is 39.4. The number of carbonyl (C=O) groups excluding carboxylic acids is 4. The summed E-state index contributed by atoms with van der Waals surface area (Å²) in [4.78, 5) is 62.1. The smallest absolute Gasteiger partial charge is 0.313 e. The average Bonchev–Trinajstić information content (AvgIpc) is 3.78. The molecule has 3 heterocycles. The normalized spacial score (nSPS) is 25.2. The van der Waals surface area contributed by atoms with Gasteiger partial charge < -0.3 is 29.3 Å². The maximum atomic E-state index is 15.1. The third kappa shape index (κ3) is 7.38. The maximum absolute atomic E-state index is 15.1. The summed E-state index contributed by atoms with van der Waals surface area (Å²) in [6, 6.07) is 21.4. The number of rotatable bonds is 17. The van der Waals surface area contributed by atoms with E-state index in [1.807, 2.05) is 79.7 Å². The SMILES string of the molecule is C=CCCC(=O)N(C)[C@H](C)[C@H](OC(=O)[C@@H]1[C@H]2O[C@@]3(CC2Br)[C@H](C(=O)N(CC=C)c2ccc4ccccc4c2)N(CCCCCO)C(=O)[C@@H]13)c1ccccc1. The Labute approximate surface area is 325 Å². The van der Waals surface area contributed by atoms with Crippen molar-refractivity contribution < 1.29 is 33.8 Å². The molecule has 3 saturated heterocycles. The zero-order valence-electron chi connectivity index (χ0n) is 31.0. The molecule has 54 heavy (non-hydrogen) atoms. The number of aliphatic hydroxyl groups is 1. The molecule has 0 radical (unpaired) electrons. The van der Waals surface area contributed by atoms with E-state index in [9.17, 15) is 19.5 Å². The summed E-state index contributed by atoms with van der Waals surface area (Å²) in [6.07, 6.45) is 4.73. The molecule has 1 unspecified atom stereocenters. The highest BCUT2D eigenvalue weighted by atomic mass is 79.9. The maximum Gasteiger partial charge on any atom is 0.313 e. The summed E-state index contributed by atoms with van der Waals surface area (Å²) >= 11 is 3.78. The Morgan fingerprint density at radius 1 is 1.04 bits per heavy atom. The Balaban J connectivity index is 1.36. The molecule has 0 aliphatic carbocycles. The van der Waals surface area contributed by atoms with E-state index in [2.05, 4.69) is 29.1 Å². The summed E-state index contributed by atoms with van der Waals surface area (Å²) < 4.78 is 13.2. The number of unbranched alkanes of at least 4 members (excludes halogenated alkanes) is 2. The molecule has 10 nitrogen and oxygen atoms in total. The Kier molecular flexibility index (Phi) is 12.4. The van der Waals surface area contributed by atoms with Gasteiger partial charge in [-0.05, 0) is 67.5 Å². The summed E-state index contributed by atoms with van der Waals surface area (Å²) in [5.41, 5.74) is 0.0778. The molecule has 11 heteroatoms. The van der Waals surface area contributed by atoms with Crippen LogP contribution in [0.2, 0.25) is 0 Å². The van der Waals surface area contributed by atoms with Crippen LogP contribution >= 0.6 is 15.9 Å². The number of amides is 3. The molecule has 6 rings (SSSR count). The van der Waals surface area contributed by atoms with E-state index < -0.39 is 47.7 Å². The van der Waals surface area contributed by atoms with Crippen LogP contribution < -0.4 is 4.90 Å². The topological polar surface area (TPSA) is 117 Å². The standard InChI is InChI=1S/C43H50BrN3O7/c1-5-7-20-34(49)45(4)28(3)37(30-17-10-8-11-18-30)53-42(52)35-36-40(50)47(24-14-9-15-25-48)39(43(36)27-33(44)38(35)54-43)41(51)46(23-6-2)32-22-21-29-16-12-13-19-31(29)26-32/h5-6,8,10-13,16-19,21-22,26,28,33,35-39,48H,1-2,7,9,14-15,20,23-25,27H2,3-4H3/t28-,33?,35+,36-,37+,38+,39+,43-/m1/s1. The van der Waals surface area contributed by atoms with E-state index in [4.69, 9.17) is 9.47 Å². The number of esters is 1. The highest BCUT2D eigenvalue weighted by Gasteiger charge is 2.77. The number of nitrogens with zero attached hydrogens (tertiary/aromatic N) is 3. The second-order valence-corrected chi connectivity index (χ2v) is 15.8. The molecule has 1 N–H and O–H groups in total. The van der Waals surface area contributed by atoms with E-state index >= 15 is 4.79 Å². The van der Waals surface area contributed by atoms with E-state index in [-0.39, 0.29) is 48.7 Å². The molecule has 3 fully saturated rings. The molecule has 3 aromatic carbocycles. The highest BCUT2D eigenvalue weighted by Crippen LogP contribution is 2.60. The molecular weight excluding hydrogens is 750 g/mol. The predicted octanol–water partition coefficient (Wildman–Crippen LogP) is 6.37. The Morgan fingerprint density at radius 3 is 2.46 bits per heavy atom. The number of likely N-dealkylation sites (N-methyl/N-ethyl adjacent to an activating group) is 1. The number of benzene rings is 3. The van der Waals surface area contributed by atoms with Gasteiger partial charge in [0.1, 0.15) is 17.7 Å². The second kappa shape index (κ2) is 17.0. The molecule has 286 valence electrons. The van der Waals surface area contributed by atoms with Crippen molar-refractivity contribution >= 4 is 56.1 Å². The lowest BCUT2D eigenvalue weighted by Crippen LogP contribution is -2.57. The molecule has 3 aliphatic heterocycles. The highest BCUT2D eigenvalue weighted by molar-refractivity contribution is 9.09. The van der Waals surface area contributed by atoms with E-state index in [1.54, 1.807) is 33.9 Å². The van der Waals surface area contributed by atoms with Crippen molar-refractivity contribution in [2.24, 2.45) is 11.8 Å². The molecule has 0 aromatic heterocycles. The van der Waals surface area contributed by atoms with Crippen LogP contribution in [0, 0.1) is 11.8 Å². The summed E-state index contributed by atoms with van der Waals surface area (Å²) in [6.45, 7) is 9.99. The van der Waals surface area contributed by atoms with E-state index in [1.165, 1.54) is 0 Å². The van der Waals surface area contributed by atoms with Gasteiger partial charge in [-0.15, -0.1) is 13.2 Å². The summed E-state index contributed by atoms with van der Waals surface area (Å²) in [7, 11) is 1.69. The van der Waals surface area contributed by atoms with Crippen molar-refractivity contribution in [3.63, 3.8) is 0 Å². The second-order valence-electron chi connectivity index (χ2n) is 14.6. The molecule has 3 aliphatic rings. The van der Waals surface area contributed by atoms with Crippen molar-refractivity contribution in [3.8, 4) is 0 Å². The van der Waals surface area contributed by atoms with E-state index in [0.717, 1.165) is 10.8 Å². The van der Waals surface area contributed by atoms with Crippen LogP contribution in [0.1, 0.15) is 57.1 Å². The third-order valence-electron chi connectivity index (χ3n) is 11.4. The lowest BCUT2D eigenvalue weighted by atomic mass is 9.70. The van der Waals surface area contributed by atoms with Gasteiger partial charge in [0.2, 0.25) is 11.8 Å². The molecule has 3 amide bonds. The largest absolute Gasteiger partial charge is 0.455 e. The van der Waals surface area contributed by atoms with Crippen LogP contribution in [0.25, 0.3) is 10.8 Å². The Bertz CT molecular complexity index is 1870. The summed E-state index contributed by atoms with van der Waals surface area (Å²) in [5, 5.41) is 11.5. The predicted molar refractivity (Wildman–Crippen MR) is 212 cm³/mol. The van der Waals surface area contributed by atoms with Gasteiger partial charge in [-0.1, -0.05) is 88.7 Å². The number of hydrogen-bond donors (Lipinski definition) is 1. The fourth-order valence-corrected chi connectivity index (χ4v) is 9.50. The quantitative estimate of drug-likeness (QED) is 0.0731. The number of aliphatic hydroxyl groups excluding tert-OH is 1. The third-order valence-corrected chi connectivity index (χ3v) is 12.2. The molecule has 8 atom stereocenters. The number of halogens is 1. The number of anilines is 1. The molecule has 0 saturated carbocycles. The zero-order chi connectivity index (χ0) is 38.6. The number of allylic oxidation sites excluding steroid dienone is 1. The monoisotopic (exact) mass is 799 g/mol. The van der Waals surface area contributed by atoms with Gasteiger partial charge in [0, 0.05) is 43.7 Å². The molecule has 2 bridgehead atoms. The Morgan fingerprint density at radius 2 is 1.76 bits per heavy atom. The van der Waals surface area contributed by atoms with Crippen molar-refractivity contribution in [2.45, 2.75) is 80.2 Å². The number of hydrogen-bond acceptors (Lipinski definition) is 7. The molecule has 3 aromatic rings. The lowest BCUT2D eigenvalue weighted by Gasteiger charge is -2.37. The van der Waals surface area contributed by atoms with Gasteiger partial charge in [-0.3, -0.25) is 19.2 Å². The van der Waals surface area contributed by atoms with Crippen molar-refractivity contribution in [1.82, 2.24) is 9.80 Å². The first-order chi connectivity index (χ1) is 26.1. The lowest BCUT2D eigenvalue weighted by molar-refractivity contribution is -0.164. The minimum atomic E-state index is -1.30. The Hall–Kier alpha value is -4.32. The minimum Gasteiger partial charge on any atom is -0.455 e. The fraction of sp³-hybridized carbons (Fsp3) is 0.442. The van der Waals surface area contributed by atoms with Crippen molar-refractivity contribution in [1.29, 1.82) is 0 Å². The van der Waals surface area contributed by atoms with Gasteiger partial charge >= 0.3 is 5.97 Å². The van der Waals surface area contributed by atoms with Crippen LogP contribution in [0.3, 0.4) is 0 Å². The van der Waals surface area contributed by atoms with Gasteiger partial charge in [0.15, 0.2) is 0 Å². The number of carbonyl (C=O) groups is 4. The number of likely N-dealkylation sites (tertiary alicyclic amines) is 1. The summed E-state index contributed by atoms with van der Waals surface area (Å²) in [5.74, 6) is -3.31. The van der Waals surface area contributed by atoms with Crippen LogP contribution in [-0.4, -0.2) is 94.0 Å². The first-order valence-corrected chi connectivity index (χ1v) is 19.8. The van der Waals surface area contributed by atoms with Crippen LogP contribution in [0.15, 0.2) is 98.1 Å². The number of alkyl halides is 1. The van der Waals surface area contributed by atoms with Gasteiger partial charge in [-0.2, -0.15) is 0 Å². The van der Waals surface area contributed by atoms with Crippen LogP contribution in [0.5, 0.6) is 0 Å². The first-order valence-electron chi connectivity index (χ1n) is 18.8. The van der Waals surface area contributed by atoms with Gasteiger partial charge in [0.25, 0.3) is 5.91 Å². The fourth-order valence-electron chi connectivity index (χ4n) is 8.56. The van der Waals surface area contributed by atoms with Gasteiger partial charge in [0.05, 0.1) is 24.0 Å². The number of fused-ring (bicyclic) bond motifs is 2. The van der Waals surface area contributed by atoms with Gasteiger partial charge in [-0.25, -0.2) is 0 Å². The van der Waals surface area contributed by atoms with Crippen LogP contribution in [0.4, 0.5) is 5.69 Å². The van der Waals surface area contributed by atoms with Crippen LogP contribution in [-0.2, 0) is 28.7 Å². The molecule has 1 spiro atoms. The van der Waals surface area contributed by atoms with Crippen molar-refractivity contribution in [3.05, 3.63) is 104 Å². The zero-order valence-corrected chi connectivity index (χ0v) is 32.6.